The molecule has 0 unspecified atom stereocenters. The van der Waals surface area contributed by atoms with E-state index in [0.717, 1.165) is 9.88 Å². The lowest BCUT2D eigenvalue weighted by Gasteiger charge is -2.06. The molecule has 0 aliphatic carbocycles. The van der Waals surface area contributed by atoms with E-state index in [4.69, 9.17) is 11.6 Å². The van der Waals surface area contributed by atoms with Crippen LogP contribution in [0.15, 0.2) is 41.8 Å². The number of aromatic nitrogens is 1. The monoisotopic (exact) mass is 421 g/mol. The van der Waals surface area contributed by atoms with Crippen LogP contribution < -0.4 is 10.6 Å². The molecule has 3 aromatic rings. The van der Waals surface area contributed by atoms with Crippen molar-refractivity contribution in [3.05, 3.63) is 57.4 Å². The van der Waals surface area contributed by atoms with Crippen LogP contribution in [0, 0.1) is 0 Å². The summed E-state index contributed by atoms with van der Waals surface area (Å²) in [5.41, 5.74) is 0.756. The molecule has 0 bridgehead atoms. The largest absolute Gasteiger partial charge is 0.508 e. The highest BCUT2D eigenvalue weighted by Gasteiger charge is 2.13. The lowest BCUT2D eigenvalue weighted by atomic mass is 10.2. The third-order valence-electron chi connectivity index (χ3n) is 3.55. The molecule has 3 rings (SSSR count). The molecule has 0 saturated carbocycles. The number of nitrogens with one attached hydrogen (secondary N) is 2. The van der Waals surface area contributed by atoms with Crippen LogP contribution in [0.5, 0.6) is 5.75 Å². The third kappa shape index (κ3) is 5.29. The van der Waals surface area contributed by atoms with Gasteiger partial charge in [0.15, 0.2) is 0 Å². The first kappa shape index (κ1) is 19.3. The van der Waals surface area contributed by atoms with Crippen molar-refractivity contribution in [2.75, 3.05) is 13.1 Å². The fourth-order valence-electron chi connectivity index (χ4n) is 2.25. The molecular formula is C18H16ClN3O3S2. The minimum absolute atomic E-state index is 0.0439. The average molecular weight is 422 g/mol. The smallest absolute Gasteiger partial charge is 0.270 e. The molecule has 0 saturated heterocycles. The predicted octanol–water partition coefficient (Wildman–Crippen LogP) is 3.78. The van der Waals surface area contributed by atoms with Gasteiger partial charge in [-0.2, -0.15) is 0 Å². The van der Waals surface area contributed by atoms with E-state index in [-0.39, 0.29) is 17.6 Å². The van der Waals surface area contributed by atoms with Crippen molar-refractivity contribution in [3.8, 4) is 15.6 Å². The van der Waals surface area contributed by atoms with Crippen molar-refractivity contribution < 1.29 is 14.7 Å². The molecule has 27 heavy (non-hydrogen) atoms. The summed E-state index contributed by atoms with van der Waals surface area (Å²) in [6.45, 7) is 0.821. The SMILES string of the molecule is O=C(NCCCNC(=O)c1csc(-c2ccc(Cl)s2)n1)c1cccc(O)c1. The van der Waals surface area contributed by atoms with Crippen molar-refractivity contribution in [3.63, 3.8) is 0 Å². The number of carbonyl (C=O) groups is 2. The number of halogens is 1. The quantitative estimate of drug-likeness (QED) is 0.506. The van der Waals surface area contributed by atoms with Gasteiger partial charge < -0.3 is 15.7 Å². The Kier molecular flexibility index (Phi) is 6.44. The Labute approximate surface area is 168 Å². The number of phenolic OH excluding ortho intramolecular Hbond substituents is 1. The van der Waals surface area contributed by atoms with Crippen molar-refractivity contribution in [2.45, 2.75) is 6.42 Å². The van der Waals surface area contributed by atoms with E-state index in [1.807, 2.05) is 6.07 Å². The second-order valence-electron chi connectivity index (χ2n) is 5.56. The van der Waals surface area contributed by atoms with Crippen molar-refractivity contribution in [1.82, 2.24) is 15.6 Å². The minimum atomic E-state index is -0.268. The molecular weight excluding hydrogens is 406 g/mol. The first-order chi connectivity index (χ1) is 13.0. The number of phenols is 1. The zero-order chi connectivity index (χ0) is 19.2. The Bertz CT molecular complexity index is 955. The van der Waals surface area contributed by atoms with Gasteiger partial charge in [-0.05, 0) is 36.8 Å². The lowest BCUT2D eigenvalue weighted by molar-refractivity contribution is 0.0948. The molecule has 2 amide bonds. The van der Waals surface area contributed by atoms with Gasteiger partial charge in [0.2, 0.25) is 0 Å². The highest BCUT2D eigenvalue weighted by molar-refractivity contribution is 7.23. The maximum absolute atomic E-state index is 12.1. The van der Waals surface area contributed by atoms with E-state index < -0.39 is 0 Å². The van der Waals surface area contributed by atoms with Gasteiger partial charge in [-0.25, -0.2) is 4.98 Å². The van der Waals surface area contributed by atoms with Crippen LogP contribution in [0.2, 0.25) is 4.34 Å². The summed E-state index contributed by atoms with van der Waals surface area (Å²) in [6.07, 6.45) is 0.577. The Morgan fingerprint density at radius 1 is 1.11 bits per heavy atom. The average Bonchev–Trinajstić information content (AvgIpc) is 3.30. The van der Waals surface area contributed by atoms with Crippen LogP contribution in [-0.4, -0.2) is 35.0 Å². The standard InChI is InChI=1S/C18H16ClN3O3S2/c19-15-6-5-14(27-15)18-22-13(10-26-18)17(25)21-8-2-7-20-16(24)11-3-1-4-12(23)9-11/h1,3-6,9-10,23H,2,7-8H2,(H,20,24)(H,21,25). The molecule has 0 atom stereocenters. The molecule has 2 heterocycles. The molecule has 0 aliphatic heterocycles. The van der Waals surface area contributed by atoms with Gasteiger partial charge in [0.05, 0.1) is 9.21 Å². The molecule has 6 nitrogen and oxygen atoms in total. The Hall–Kier alpha value is -2.42. The molecule has 0 radical (unpaired) electrons. The van der Waals surface area contributed by atoms with Crippen LogP contribution in [0.1, 0.15) is 27.3 Å². The van der Waals surface area contributed by atoms with Gasteiger partial charge in [0, 0.05) is 24.0 Å². The van der Waals surface area contributed by atoms with Gasteiger partial charge in [-0.15, -0.1) is 22.7 Å². The predicted molar refractivity (Wildman–Crippen MR) is 108 cm³/mol. The second-order valence-corrected chi connectivity index (χ2v) is 8.13. The first-order valence-electron chi connectivity index (χ1n) is 8.09. The number of benzene rings is 1. The molecule has 1 aromatic carbocycles. The Morgan fingerprint density at radius 2 is 1.89 bits per heavy atom. The van der Waals surface area contributed by atoms with Crippen LogP contribution in [0.4, 0.5) is 0 Å². The molecule has 9 heteroatoms. The molecule has 0 spiro atoms. The number of hydrogen-bond donors (Lipinski definition) is 3. The number of aromatic hydroxyl groups is 1. The van der Waals surface area contributed by atoms with Crippen molar-refractivity contribution >= 4 is 46.1 Å². The summed E-state index contributed by atoms with van der Waals surface area (Å²) in [6, 6.07) is 9.81. The number of hydrogen-bond acceptors (Lipinski definition) is 6. The van der Waals surface area contributed by atoms with Crippen LogP contribution in [0.25, 0.3) is 9.88 Å². The molecule has 0 fully saturated rings. The number of rotatable bonds is 7. The molecule has 2 aromatic heterocycles. The topological polar surface area (TPSA) is 91.3 Å². The molecule has 140 valence electrons. The highest BCUT2D eigenvalue weighted by atomic mass is 35.5. The van der Waals surface area contributed by atoms with E-state index in [2.05, 4.69) is 15.6 Å². The van der Waals surface area contributed by atoms with E-state index in [9.17, 15) is 14.7 Å². The fourth-order valence-corrected chi connectivity index (χ4v) is 4.17. The number of nitrogens with zero attached hydrogens (tertiary/aromatic N) is 1. The van der Waals surface area contributed by atoms with E-state index in [1.54, 1.807) is 23.6 Å². The highest BCUT2D eigenvalue weighted by Crippen LogP contribution is 2.32. The van der Waals surface area contributed by atoms with E-state index in [1.165, 1.54) is 34.8 Å². The number of amides is 2. The zero-order valence-corrected chi connectivity index (χ0v) is 16.5. The number of thiophene rings is 1. The summed E-state index contributed by atoms with van der Waals surface area (Å²) < 4.78 is 0.680. The summed E-state index contributed by atoms with van der Waals surface area (Å²) in [5, 5.41) is 17.4. The van der Waals surface area contributed by atoms with E-state index >= 15 is 0 Å². The minimum Gasteiger partial charge on any atom is -0.508 e. The summed E-state index contributed by atoms with van der Waals surface area (Å²) >= 11 is 8.73. The van der Waals surface area contributed by atoms with Gasteiger partial charge in [-0.1, -0.05) is 17.7 Å². The van der Waals surface area contributed by atoms with Gasteiger partial charge >= 0.3 is 0 Å². The molecule has 3 N–H and O–H groups in total. The maximum Gasteiger partial charge on any atom is 0.270 e. The third-order valence-corrected chi connectivity index (χ3v) is 5.80. The summed E-state index contributed by atoms with van der Waals surface area (Å²) in [5.74, 6) is -0.474. The van der Waals surface area contributed by atoms with Crippen molar-refractivity contribution in [2.24, 2.45) is 0 Å². The van der Waals surface area contributed by atoms with Gasteiger partial charge in [0.25, 0.3) is 11.8 Å². The Morgan fingerprint density at radius 3 is 2.59 bits per heavy atom. The number of thiazole rings is 1. The van der Waals surface area contributed by atoms with Crippen LogP contribution >= 0.6 is 34.3 Å². The van der Waals surface area contributed by atoms with Crippen LogP contribution in [-0.2, 0) is 0 Å². The van der Waals surface area contributed by atoms with E-state index in [0.29, 0.717) is 35.1 Å². The Balaban J connectivity index is 1.41. The molecule has 0 aliphatic rings. The number of carbonyl (C=O) groups excluding carboxylic acids is 2. The first-order valence-corrected chi connectivity index (χ1v) is 10.2. The van der Waals surface area contributed by atoms with Gasteiger partial charge in [-0.3, -0.25) is 9.59 Å². The van der Waals surface area contributed by atoms with Crippen molar-refractivity contribution in [1.29, 1.82) is 0 Å². The van der Waals surface area contributed by atoms with Crippen LogP contribution in [0.3, 0.4) is 0 Å². The summed E-state index contributed by atoms with van der Waals surface area (Å²) in [4.78, 5) is 29.3. The zero-order valence-electron chi connectivity index (χ0n) is 14.1. The fraction of sp³-hybridized carbons (Fsp3) is 0.167. The lowest BCUT2D eigenvalue weighted by Crippen LogP contribution is -2.30. The van der Waals surface area contributed by atoms with Gasteiger partial charge in [0.1, 0.15) is 16.5 Å². The maximum atomic E-state index is 12.1. The summed E-state index contributed by atoms with van der Waals surface area (Å²) in [7, 11) is 0. The second kappa shape index (κ2) is 8.98. The normalized spacial score (nSPS) is 10.6.